The number of halogens is 2. The Hall–Kier alpha value is -1.01. The minimum absolute atomic E-state index is 0.0923. The van der Waals surface area contributed by atoms with Crippen LogP contribution >= 0.6 is 27.5 Å². The van der Waals surface area contributed by atoms with Gasteiger partial charge in [0.25, 0.3) is 0 Å². The first-order valence-electron chi connectivity index (χ1n) is 12.0. The van der Waals surface area contributed by atoms with Crippen LogP contribution in [0.3, 0.4) is 0 Å². The van der Waals surface area contributed by atoms with E-state index in [0.717, 1.165) is 67.1 Å². The molecule has 6 fully saturated rings. The molecule has 1 N–H and O–H groups in total. The van der Waals surface area contributed by atoms with Gasteiger partial charge in [0.2, 0.25) is 0 Å². The monoisotopic (exact) mass is 506 g/mol. The number of nitrogens with one attached hydrogen (secondary N) is 1. The van der Waals surface area contributed by atoms with E-state index in [1.54, 1.807) is 0 Å². The number of likely N-dealkylation sites (tertiary alicyclic amines) is 1. The molecule has 1 atom stereocenters. The van der Waals surface area contributed by atoms with Gasteiger partial charge >= 0.3 is 6.03 Å². The molecule has 0 aromatic carbocycles. The van der Waals surface area contributed by atoms with Crippen molar-refractivity contribution in [3.63, 3.8) is 0 Å². The summed E-state index contributed by atoms with van der Waals surface area (Å²) in [6.07, 6.45) is 13.1. The second-order valence-electron chi connectivity index (χ2n) is 11.3. The molecule has 168 valence electrons. The summed E-state index contributed by atoms with van der Waals surface area (Å²) in [5.74, 6) is 3.44. The third kappa shape index (κ3) is 3.76. The first-order chi connectivity index (χ1) is 14.9. The molecule has 4 saturated carbocycles. The lowest BCUT2D eigenvalue weighted by Gasteiger charge is -2.57. The van der Waals surface area contributed by atoms with Gasteiger partial charge in [0.15, 0.2) is 0 Å². The van der Waals surface area contributed by atoms with Crippen LogP contribution in [0.4, 0.5) is 10.6 Å². The van der Waals surface area contributed by atoms with Gasteiger partial charge in [-0.3, -0.25) is 0 Å². The quantitative estimate of drug-likeness (QED) is 0.577. The molecule has 2 aliphatic heterocycles. The van der Waals surface area contributed by atoms with E-state index in [1.807, 2.05) is 12.3 Å². The van der Waals surface area contributed by atoms with Crippen molar-refractivity contribution < 1.29 is 4.79 Å². The molecule has 1 aromatic heterocycles. The van der Waals surface area contributed by atoms with Crippen LogP contribution in [0.15, 0.2) is 16.7 Å². The number of rotatable bonds is 2. The fourth-order valence-corrected chi connectivity index (χ4v) is 8.79. The van der Waals surface area contributed by atoms with Gasteiger partial charge in [-0.15, -0.1) is 0 Å². The zero-order valence-corrected chi connectivity index (χ0v) is 20.4. The first-order valence-corrected chi connectivity index (χ1v) is 13.2. The average molecular weight is 508 g/mol. The Bertz CT molecular complexity index is 859. The Labute approximate surface area is 198 Å². The van der Waals surface area contributed by atoms with Crippen LogP contribution in [0, 0.1) is 23.2 Å². The van der Waals surface area contributed by atoms with Crippen LogP contribution in [0.2, 0.25) is 5.02 Å². The molecule has 1 aromatic rings. The van der Waals surface area contributed by atoms with Crippen molar-refractivity contribution in [1.82, 2.24) is 15.2 Å². The molecule has 2 amide bonds. The maximum atomic E-state index is 13.4. The molecule has 7 heteroatoms. The summed E-state index contributed by atoms with van der Waals surface area (Å²) in [7, 11) is 0. The topological polar surface area (TPSA) is 48.5 Å². The molecular weight excluding hydrogens is 476 g/mol. The number of carbonyl (C=O) groups is 1. The van der Waals surface area contributed by atoms with Crippen LogP contribution < -0.4 is 10.2 Å². The largest absolute Gasteiger partial charge is 0.355 e. The summed E-state index contributed by atoms with van der Waals surface area (Å²) in [6, 6.07) is 2.11. The number of hydrogen-bond donors (Lipinski definition) is 1. The Kier molecular flexibility index (Phi) is 4.99. The molecule has 5 nitrogen and oxygen atoms in total. The zero-order valence-electron chi connectivity index (χ0n) is 18.1. The van der Waals surface area contributed by atoms with Gasteiger partial charge in [0.1, 0.15) is 5.82 Å². The summed E-state index contributed by atoms with van der Waals surface area (Å²) in [4.78, 5) is 22.4. The number of carbonyl (C=O) groups excluding carboxylic acids is 1. The minimum Gasteiger partial charge on any atom is -0.355 e. The van der Waals surface area contributed by atoms with Crippen molar-refractivity contribution in [3.8, 4) is 0 Å². The van der Waals surface area contributed by atoms with Crippen LogP contribution in [-0.4, -0.2) is 47.6 Å². The van der Waals surface area contributed by atoms with Crippen molar-refractivity contribution >= 4 is 39.4 Å². The van der Waals surface area contributed by atoms with E-state index >= 15 is 0 Å². The highest BCUT2D eigenvalue weighted by Crippen LogP contribution is 2.55. The number of piperidine rings is 1. The van der Waals surface area contributed by atoms with Crippen molar-refractivity contribution in [1.29, 1.82) is 0 Å². The van der Waals surface area contributed by atoms with Crippen LogP contribution in [0.1, 0.15) is 57.8 Å². The first kappa shape index (κ1) is 20.6. The Morgan fingerprint density at radius 1 is 1.10 bits per heavy atom. The molecule has 4 bridgehead atoms. The van der Waals surface area contributed by atoms with Gasteiger partial charge in [-0.25, -0.2) is 9.78 Å². The predicted molar refractivity (Wildman–Crippen MR) is 126 cm³/mol. The van der Waals surface area contributed by atoms with Crippen molar-refractivity contribution in [2.24, 2.45) is 23.2 Å². The SMILES string of the molecule is O=C(NC12CC3CC(CC(C3)C1)C2)N1CCC2(CCCN(c3ncc(Br)cc3Cl)C2)C1. The molecule has 2 saturated heterocycles. The third-order valence-corrected chi connectivity index (χ3v) is 9.60. The molecule has 1 unspecified atom stereocenters. The highest BCUT2D eigenvalue weighted by molar-refractivity contribution is 9.10. The number of pyridine rings is 1. The van der Waals surface area contributed by atoms with Crippen molar-refractivity contribution in [2.75, 3.05) is 31.1 Å². The van der Waals surface area contributed by atoms with E-state index in [4.69, 9.17) is 11.6 Å². The van der Waals surface area contributed by atoms with Gasteiger partial charge in [0, 0.05) is 47.8 Å². The van der Waals surface area contributed by atoms with E-state index in [1.165, 1.54) is 44.9 Å². The molecule has 0 radical (unpaired) electrons. The van der Waals surface area contributed by atoms with Gasteiger partial charge < -0.3 is 15.1 Å². The highest BCUT2D eigenvalue weighted by Gasteiger charge is 2.52. The summed E-state index contributed by atoms with van der Waals surface area (Å²) in [6.45, 7) is 3.64. The second kappa shape index (κ2) is 7.51. The standard InChI is InChI=1S/C24H32BrClN4O/c25-19-9-20(26)21(27-13-19)29-4-1-2-23(14-29)3-5-30(15-23)22(31)28-24-10-16-6-17(11-24)8-18(7-16)12-24/h9,13,16-18H,1-8,10-12,14-15H2,(H,28,31). The van der Waals surface area contributed by atoms with E-state index in [-0.39, 0.29) is 17.0 Å². The van der Waals surface area contributed by atoms with E-state index in [9.17, 15) is 4.79 Å². The van der Waals surface area contributed by atoms with Crippen molar-refractivity contribution in [3.05, 3.63) is 21.8 Å². The average Bonchev–Trinajstić information content (AvgIpc) is 3.10. The Morgan fingerprint density at radius 2 is 1.81 bits per heavy atom. The minimum atomic E-state index is 0.0923. The van der Waals surface area contributed by atoms with Gasteiger partial charge in [-0.05, 0) is 97.5 Å². The van der Waals surface area contributed by atoms with Gasteiger partial charge in [0.05, 0.1) is 5.02 Å². The number of hydrogen-bond acceptors (Lipinski definition) is 3. The molecule has 7 rings (SSSR count). The Balaban J connectivity index is 1.13. The van der Waals surface area contributed by atoms with E-state index in [2.05, 4.69) is 36.0 Å². The maximum absolute atomic E-state index is 13.4. The molecule has 1 spiro atoms. The number of amides is 2. The van der Waals surface area contributed by atoms with Crippen LogP contribution in [0.25, 0.3) is 0 Å². The number of urea groups is 1. The number of anilines is 1. The van der Waals surface area contributed by atoms with E-state index < -0.39 is 0 Å². The summed E-state index contributed by atoms with van der Waals surface area (Å²) >= 11 is 9.95. The fourth-order valence-electron chi connectivity index (χ4n) is 8.04. The van der Waals surface area contributed by atoms with Gasteiger partial charge in [-0.2, -0.15) is 0 Å². The number of nitrogens with zero attached hydrogens (tertiary/aromatic N) is 3. The maximum Gasteiger partial charge on any atom is 0.317 e. The molecule has 4 aliphatic carbocycles. The molecular formula is C24H32BrClN4O. The lowest BCUT2D eigenvalue weighted by Crippen LogP contribution is -2.61. The van der Waals surface area contributed by atoms with Gasteiger partial charge in [-0.1, -0.05) is 11.6 Å². The third-order valence-electron chi connectivity index (χ3n) is 8.89. The summed E-state index contributed by atoms with van der Waals surface area (Å²) in [5, 5.41) is 4.28. The van der Waals surface area contributed by atoms with Crippen molar-refractivity contribution in [2.45, 2.75) is 63.3 Å². The lowest BCUT2D eigenvalue weighted by atomic mass is 9.53. The van der Waals surface area contributed by atoms with E-state index in [0.29, 0.717) is 5.02 Å². The van der Waals surface area contributed by atoms with Crippen LogP contribution in [-0.2, 0) is 0 Å². The summed E-state index contributed by atoms with van der Waals surface area (Å²) in [5.41, 5.74) is 0.254. The Morgan fingerprint density at radius 3 is 2.48 bits per heavy atom. The number of aromatic nitrogens is 1. The highest BCUT2D eigenvalue weighted by atomic mass is 79.9. The second-order valence-corrected chi connectivity index (χ2v) is 12.6. The molecule has 3 heterocycles. The van der Waals surface area contributed by atoms with Crippen LogP contribution in [0.5, 0.6) is 0 Å². The zero-order chi connectivity index (χ0) is 21.2. The molecule has 6 aliphatic rings. The lowest BCUT2D eigenvalue weighted by molar-refractivity contribution is -0.0155. The molecule has 31 heavy (non-hydrogen) atoms. The fraction of sp³-hybridized carbons (Fsp3) is 0.750. The smallest absolute Gasteiger partial charge is 0.317 e. The normalized spacial score (nSPS) is 38.8. The predicted octanol–water partition coefficient (Wildman–Crippen LogP) is 5.47. The summed E-state index contributed by atoms with van der Waals surface area (Å²) < 4.78 is 0.904.